The molecular weight excluding hydrogens is 264 g/mol. The third kappa shape index (κ3) is 2.11. The summed E-state index contributed by atoms with van der Waals surface area (Å²) in [6, 6.07) is 8.26. The van der Waals surface area contributed by atoms with Gasteiger partial charge in [0, 0.05) is 28.6 Å². The lowest BCUT2D eigenvalue weighted by Gasteiger charge is -2.10. The number of methoxy groups -OCH3 is 1. The van der Waals surface area contributed by atoms with Crippen molar-refractivity contribution in [3.63, 3.8) is 0 Å². The van der Waals surface area contributed by atoms with Crippen molar-refractivity contribution in [2.24, 2.45) is 5.73 Å². The Labute approximate surface area is 124 Å². The van der Waals surface area contributed by atoms with Gasteiger partial charge in [0.15, 0.2) is 0 Å². The molecule has 2 aromatic rings. The molecule has 1 aliphatic carbocycles. The molecule has 0 atom stereocenters. The molecule has 1 aromatic carbocycles. The minimum atomic E-state index is -0.379. The van der Waals surface area contributed by atoms with Gasteiger partial charge >= 0.3 is 0 Å². The van der Waals surface area contributed by atoms with Crippen molar-refractivity contribution >= 4 is 5.91 Å². The third-order valence-corrected chi connectivity index (χ3v) is 4.23. The number of amides is 1. The average Bonchev–Trinajstić information content (AvgIpc) is 3.25. The van der Waals surface area contributed by atoms with Crippen LogP contribution in [0.25, 0.3) is 11.1 Å². The van der Waals surface area contributed by atoms with E-state index in [0.717, 1.165) is 28.3 Å². The van der Waals surface area contributed by atoms with E-state index in [4.69, 9.17) is 10.5 Å². The number of ether oxygens (including phenoxy) is 1. The molecule has 1 heterocycles. The number of aromatic nitrogens is 1. The van der Waals surface area contributed by atoms with Gasteiger partial charge in [-0.1, -0.05) is 18.2 Å². The molecule has 1 aliphatic rings. The number of rotatable bonds is 4. The zero-order valence-electron chi connectivity index (χ0n) is 12.6. The van der Waals surface area contributed by atoms with Crippen molar-refractivity contribution in [3.05, 3.63) is 41.2 Å². The lowest BCUT2D eigenvalue weighted by Crippen LogP contribution is -2.13. The van der Waals surface area contributed by atoms with Gasteiger partial charge in [-0.15, -0.1) is 0 Å². The van der Waals surface area contributed by atoms with Crippen LogP contribution < -0.4 is 10.5 Å². The van der Waals surface area contributed by atoms with E-state index in [1.165, 1.54) is 12.8 Å². The molecule has 21 heavy (non-hydrogen) atoms. The van der Waals surface area contributed by atoms with Crippen LogP contribution in [0.15, 0.2) is 24.3 Å². The zero-order valence-corrected chi connectivity index (χ0v) is 12.6. The highest BCUT2D eigenvalue weighted by atomic mass is 16.5. The average molecular weight is 284 g/mol. The smallest absolute Gasteiger partial charge is 0.251 e. The van der Waals surface area contributed by atoms with Crippen molar-refractivity contribution in [2.45, 2.75) is 32.7 Å². The van der Waals surface area contributed by atoms with Crippen LogP contribution in [0.2, 0.25) is 0 Å². The van der Waals surface area contributed by atoms with Crippen molar-refractivity contribution in [2.75, 3.05) is 7.11 Å². The summed E-state index contributed by atoms with van der Waals surface area (Å²) in [5.41, 5.74) is 10.2. The van der Waals surface area contributed by atoms with Crippen molar-refractivity contribution in [3.8, 4) is 16.9 Å². The molecule has 1 fully saturated rings. The Hall–Kier alpha value is -2.23. The molecule has 0 spiro atoms. The topological polar surface area (TPSA) is 57.2 Å². The third-order valence-electron chi connectivity index (χ3n) is 4.23. The van der Waals surface area contributed by atoms with E-state index in [1.54, 1.807) is 7.11 Å². The van der Waals surface area contributed by atoms with Gasteiger partial charge in [-0.2, -0.15) is 0 Å². The van der Waals surface area contributed by atoms with Crippen molar-refractivity contribution in [1.82, 2.24) is 4.57 Å². The SMILES string of the molecule is COc1ccccc1-c1c(C(N)=O)c(C)n(C2CC2)c1C. The Morgan fingerprint density at radius 3 is 2.48 bits per heavy atom. The number of carbonyl (C=O) groups excluding carboxylic acids is 1. The van der Waals surface area contributed by atoms with E-state index in [9.17, 15) is 4.79 Å². The molecule has 4 heteroatoms. The molecule has 1 saturated carbocycles. The van der Waals surface area contributed by atoms with Crippen LogP contribution in [0.4, 0.5) is 0 Å². The fourth-order valence-electron chi connectivity index (χ4n) is 3.22. The number of hydrogen-bond donors (Lipinski definition) is 1. The molecule has 0 unspecified atom stereocenters. The van der Waals surface area contributed by atoms with E-state index >= 15 is 0 Å². The monoisotopic (exact) mass is 284 g/mol. The summed E-state index contributed by atoms with van der Waals surface area (Å²) in [6.45, 7) is 4.03. The maximum absolute atomic E-state index is 12.0. The first kappa shape index (κ1) is 13.7. The molecule has 0 radical (unpaired) electrons. The van der Waals surface area contributed by atoms with Crippen LogP contribution in [0, 0.1) is 13.8 Å². The lowest BCUT2D eigenvalue weighted by atomic mass is 9.99. The highest BCUT2D eigenvalue weighted by Gasteiger charge is 2.32. The Balaban J connectivity index is 2.31. The summed E-state index contributed by atoms with van der Waals surface area (Å²) < 4.78 is 7.71. The summed E-state index contributed by atoms with van der Waals surface area (Å²) in [5.74, 6) is 0.381. The molecule has 1 aromatic heterocycles. The molecule has 4 nitrogen and oxygen atoms in total. The van der Waals surface area contributed by atoms with Crippen LogP contribution in [-0.2, 0) is 0 Å². The molecule has 0 saturated heterocycles. The highest BCUT2D eigenvalue weighted by molar-refractivity contribution is 6.02. The predicted molar refractivity (Wildman–Crippen MR) is 82.7 cm³/mol. The van der Waals surface area contributed by atoms with Crippen molar-refractivity contribution < 1.29 is 9.53 Å². The molecule has 110 valence electrons. The number of para-hydroxylation sites is 1. The van der Waals surface area contributed by atoms with Gasteiger partial charge in [0.05, 0.1) is 12.7 Å². The Kier molecular flexibility index (Phi) is 3.24. The number of benzene rings is 1. The maximum atomic E-state index is 12.0. The van der Waals surface area contributed by atoms with Gasteiger partial charge < -0.3 is 15.0 Å². The minimum Gasteiger partial charge on any atom is -0.496 e. The number of carbonyl (C=O) groups is 1. The fourth-order valence-corrected chi connectivity index (χ4v) is 3.22. The van der Waals surface area contributed by atoms with Crippen LogP contribution in [-0.4, -0.2) is 17.6 Å². The Morgan fingerprint density at radius 1 is 1.24 bits per heavy atom. The lowest BCUT2D eigenvalue weighted by molar-refractivity contribution is 0.1000. The second-order valence-corrected chi connectivity index (χ2v) is 5.59. The molecule has 0 bridgehead atoms. The number of nitrogens with two attached hydrogens (primary N) is 1. The largest absolute Gasteiger partial charge is 0.496 e. The van der Waals surface area contributed by atoms with Crippen LogP contribution in [0.3, 0.4) is 0 Å². The van der Waals surface area contributed by atoms with E-state index in [1.807, 2.05) is 31.2 Å². The Morgan fingerprint density at radius 2 is 1.90 bits per heavy atom. The normalized spacial score (nSPS) is 14.2. The second-order valence-electron chi connectivity index (χ2n) is 5.59. The standard InChI is InChI=1S/C17H20N2O2/c1-10-15(13-6-4-5-7-14(13)21-3)16(17(18)20)11(2)19(10)12-8-9-12/h4-7,12H,8-9H2,1-3H3,(H2,18,20). The van der Waals surface area contributed by atoms with E-state index in [2.05, 4.69) is 11.5 Å². The Bertz CT molecular complexity index is 712. The fraction of sp³-hybridized carbons (Fsp3) is 0.353. The number of hydrogen-bond acceptors (Lipinski definition) is 2. The van der Waals surface area contributed by atoms with Gasteiger partial charge in [0.2, 0.25) is 0 Å². The summed E-state index contributed by atoms with van der Waals surface area (Å²) >= 11 is 0. The molecule has 1 amide bonds. The van der Waals surface area contributed by atoms with E-state index in [0.29, 0.717) is 11.6 Å². The molecule has 3 rings (SSSR count). The minimum absolute atomic E-state index is 0.379. The number of nitrogens with zero attached hydrogens (tertiary/aromatic N) is 1. The molecule has 0 aliphatic heterocycles. The highest BCUT2D eigenvalue weighted by Crippen LogP contribution is 2.44. The second kappa shape index (κ2) is 4.95. The van der Waals surface area contributed by atoms with E-state index < -0.39 is 0 Å². The van der Waals surface area contributed by atoms with Crippen LogP contribution in [0.1, 0.15) is 40.6 Å². The summed E-state index contributed by atoms with van der Waals surface area (Å²) in [5, 5.41) is 0. The molecule has 2 N–H and O–H groups in total. The summed E-state index contributed by atoms with van der Waals surface area (Å²) in [6.07, 6.45) is 2.33. The molecular formula is C17H20N2O2. The number of primary amides is 1. The van der Waals surface area contributed by atoms with E-state index in [-0.39, 0.29) is 5.91 Å². The van der Waals surface area contributed by atoms with Gasteiger partial charge in [-0.25, -0.2) is 0 Å². The van der Waals surface area contributed by atoms with Gasteiger partial charge in [0.1, 0.15) is 5.75 Å². The van der Waals surface area contributed by atoms with Gasteiger partial charge in [-0.05, 0) is 32.8 Å². The first-order valence-electron chi connectivity index (χ1n) is 7.20. The summed E-state index contributed by atoms with van der Waals surface area (Å²) in [4.78, 5) is 12.0. The van der Waals surface area contributed by atoms with Gasteiger partial charge in [0.25, 0.3) is 5.91 Å². The first-order valence-corrected chi connectivity index (χ1v) is 7.20. The van der Waals surface area contributed by atoms with Crippen LogP contribution >= 0.6 is 0 Å². The summed E-state index contributed by atoms with van der Waals surface area (Å²) in [7, 11) is 1.64. The van der Waals surface area contributed by atoms with Gasteiger partial charge in [-0.3, -0.25) is 4.79 Å². The quantitative estimate of drug-likeness (QED) is 0.937. The zero-order chi connectivity index (χ0) is 15.1. The first-order chi connectivity index (χ1) is 10.1. The maximum Gasteiger partial charge on any atom is 0.251 e. The van der Waals surface area contributed by atoms with Crippen molar-refractivity contribution in [1.29, 1.82) is 0 Å². The predicted octanol–water partition coefficient (Wildman–Crippen LogP) is 3.21. The van der Waals surface area contributed by atoms with Crippen LogP contribution in [0.5, 0.6) is 5.75 Å².